The maximum atomic E-state index is 12.9. The van der Waals surface area contributed by atoms with Gasteiger partial charge in [-0.15, -0.1) is 0 Å². The number of anilines is 2. The van der Waals surface area contributed by atoms with E-state index in [0.29, 0.717) is 5.69 Å². The van der Waals surface area contributed by atoms with Crippen LogP contribution in [0, 0.1) is 5.82 Å². The third-order valence-corrected chi connectivity index (χ3v) is 3.37. The largest absolute Gasteiger partial charge is 0.507 e. The van der Waals surface area contributed by atoms with E-state index >= 15 is 0 Å². The SMILES string of the molecule is O=C(Nc1cn[nH]c1C(=O)Nc1ccc(F)cc1)c1ccccc1O. The predicted octanol–water partition coefficient (Wildman–Crippen LogP) is 2.76. The lowest BCUT2D eigenvalue weighted by atomic mass is 10.2. The number of phenolic OH excluding ortho intramolecular Hbond substituents is 1. The second kappa shape index (κ2) is 6.83. The second-order valence-corrected chi connectivity index (χ2v) is 5.09. The Kier molecular flexibility index (Phi) is 4.42. The molecule has 1 heterocycles. The van der Waals surface area contributed by atoms with Crippen molar-refractivity contribution in [3.8, 4) is 5.75 Å². The number of halogens is 1. The lowest BCUT2D eigenvalue weighted by Gasteiger charge is -2.08. The summed E-state index contributed by atoms with van der Waals surface area (Å²) in [5, 5.41) is 21.0. The first-order valence-corrected chi connectivity index (χ1v) is 7.24. The van der Waals surface area contributed by atoms with Gasteiger partial charge in [0.1, 0.15) is 17.3 Å². The zero-order valence-corrected chi connectivity index (χ0v) is 12.8. The van der Waals surface area contributed by atoms with Gasteiger partial charge in [0.2, 0.25) is 0 Å². The average molecular weight is 340 g/mol. The summed E-state index contributed by atoms with van der Waals surface area (Å²) in [6.45, 7) is 0. The van der Waals surface area contributed by atoms with Crippen LogP contribution < -0.4 is 10.6 Å². The van der Waals surface area contributed by atoms with Crippen molar-refractivity contribution in [1.29, 1.82) is 0 Å². The number of nitrogens with zero attached hydrogens (tertiary/aromatic N) is 1. The molecule has 7 nitrogen and oxygen atoms in total. The molecule has 3 rings (SSSR count). The number of hydrogen-bond acceptors (Lipinski definition) is 4. The Hall–Kier alpha value is -3.68. The van der Waals surface area contributed by atoms with Crippen molar-refractivity contribution in [1.82, 2.24) is 10.2 Å². The number of amides is 2. The van der Waals surface area contributed by atoms with Crippen LogP contribution in [0.1, 0.15) is 20.8 Å². The number of H-pyrrole nitrogens is 1. The van der Waals surface area contributed by atoms with Crippen molar-refractivity contribution in [3.05, 3.63) is 71.8 Å². The highest BCUT2D eigenvalue weighted by atomic mass is 19.1. The number of aromatic amines is 1. The van der Waals surface area contributed by atoms with Crippen molar-refractivity contribution in [3.63, 3.8) is 0 Å². The molecule has 0 radical (unpaired) electrons. The van der Waals surface area contributed by atoms with Crippen LogP contribution >= 0.6 is 0 Å². The Morgan fingerprint density at radius 2 is 1.72 bits per heavy atom. The molecule has 0 aliphatic carbocycles. The first-order chi connectivity index (χ1) is 12.0. The highest BCUT2D eigenvalue weighted by Gasteiger charge is 2.18. The molecule has 25 heavy (non-hydrogen) atoms. The Bertz CT molecular complexity index is 922. The normalized spacial score (nSPS) is 10.3. The smallest absolute Gasteiger partial charge is 0.275 e. The van der Waals surface area contributed by atoms with Crippen LogP contribution in [0.5, 0.6) is 5.75 Å². The molecule has 0 spiro atoms. The van der Waals surface area contributed by atoms with Crippen LogP contribution in [-0.2, 0) is 0 Å². The monoisotopic (exact) mass is 340 g/mol. The van der Waals surface area contributed by atoms with Gasteiger partial charge in [0.05, 0.1) is 17.4 Å². The highest BCUT2D eigenvalue weighted by molar-refractivity contribution is 6.12. The minimum atomic E-state index is -0.588. The summed E-state index contributed by atoms with van der Waals surface area (Å²) >= 11 is 0. The molecule has 8 heteroatoms. The summed E-state index contributed by atoms with van der Waals surface area (Å²) < 4.78 is 12.9. The molecule has 0 aliphatic rings. The van der Waals surface area contributed by atoms with E-state index in [-0.39, 0.29) is 22.7 Å². The standard InChI is InChI=1S/C17H13FN4O3/c18-10-5-7-11(8-6-10)20-17(25)15-13(9-19-22-15)21-16(24)12-3-1-2-4-14(12)23/h1-9,23H,(H,19,22)(H,20,25)(H,21,24). The molecule has 0 saturated heterocycles. The molecule has 0 atom stereocenters. The minimum absolute atomic E-state index is 0.0214. The quantitative estimate of drug-likeness (QED) is 0.586. The molecule has 1 aromatic heterocycles. The van der Waals surface area contributed by atoms with Crippen molar-refractivity contribution in [2.75, 3.05) is 10.6 Å². The van der Waals surface area contributed by atoms with E-state index in [2.05, 4.69) is 20.8 Å². The Balaban J connectivity index is 1.76. The van der Waals surface area contributed by atoms with E-state index in [9.17, 15) is 19.1 Å². The molecule has 0 saturated carbocycles. The van der Waals surface area contributed by atoms with Gasteiger partial charge in [-0.25, -0.2) is 4.39 Å². The van der Waals surface area contributed by atoms with Gasteiger partial charge in [-0.3, -0.25) is 14.7 Å². The molecule has 0 unspecified atom stereocenters. The number of aromatic nitrogens is 2. The fourth-order valence-electron chi connectivity index (χ4n) is 2.14. The Labute approximate surface area is 141 Å². The first-order valence-electron chi connectivity index (χ1n) is 7.24. The summed E-state index contributed by atoms with van der Waals surface area (Å²) in [5.74, 6) is -1.75. The molecule has 0 aliphatic heterocycles. The van der Waals surface area contributed by atoms with Crippen LogP contribution in [0.15, 0.2) is 54.7 Å². The Morgan fingerprint density at radius 3 is 2.44 bits per heavy atom. The molecule has 2 amide bonds. The third-order valence-electron chi connectivity index (χ3n) is 3.37. The number of rotatable bonds is 4. The van der Waals surface area contributed by atoms with Crippen LogP contribution in [0.25, 0.3) is 0 Å². The zero-order chi connectivity index (χ0) is 17.8. The molecule has 0 fully saturated rings. The van der Waals surface area contributed by atoms with E-state index in [1.54, 1.807) is 12.1 Å². The molecule has 4 N–H and O–H groups in total. The summed E-state index contributed by atoms with van der Waals surface area (Å²) in [6, 6.07) is 11.3. The topological polar surface area (TPSA) is 107 Å². The van der Waals surface area contributed by atoms with Crippen LogP contribution in [0.2, 0.25) is 0 Å². The summed E-state index contributed by atoms with van der Waals surface area (Å²) in [6.07, 6.45) is 1.28. The number of hydrogen-bond donors (Lipinski definition) is 4. The van der Waals surface area contributed by atoms with Gasteiger partial charge in [-0.05, 0) is 36.4 Å². The van der Waals surface area contributed by atoms with Gasteiger partial charge in [-0.1, -0.05) is 12.1 Å². The van der Waals surface area contributed by atoms with Gasteiger partial charge >= 0.3 is 0 Å². The first kappa shape index (κ1) is 16.2. The van der Waals surface area contributed by atoms with Crippen LogP contribution in [0.3, 0.4) is 0 Å². The van der Waals surface area contributed by atoms with Crippen molar-refractivity contribution in [2.45, 2.75) is 0 Å². The van der Waals surface area contributed by atoms with E-state index in [0.717, 1.165) is 0 Å². The molecular formula is C17H13FN4O3. The minimum Gasteiger partial charge on any atom is -0.507 e. The predicted molar refractivity (Wildman–Crippen MR) is 89.0 cm³/mol. The van der Waals surface area contributed by atoms with Crippen molar-refractivity contribution < 1.29 is 19.1 Å². The lowest BCUT2D eigenvalue weighted by molar-refractivity contribution is 0.102. The van der Waals surface area contributed by atoms with E-state index < -0.39 is 17.6 Å². The van der Waals surface area contributed by atoms with E-state index in [1.807, 2.05) is 0 Å². The van der Waals surface area contributed by atoms with E-state index in [1.165, 1.54) is 42.6 Å². The van der Waals surface area contributed by atoms with Gasteiger partial charge in [0.15, 0.2) is 0 Å². The van der Waals surface area contributed by atoms with Crippen LogP contribution in [-0.4, -0.2) is 27.1 Å². The maximum Gasteiger partial charge on any atom is 0.275 e. The molecule has 126 valence electrons. The fraction of sp³-hybridized carbons (Fsp3) is 0. The maximum absolute atomic E-state index is 12.9. The van der Waals surface area contributed by atoms with Crippen molar-refractivity contribution >= 4 is 23.2 Å². The third kappa shape index (κ3) is 3.63. The number of phenols is 1. The molecule has 0 bridgehead atoms. The number of aromatic hydroxyl groups is 1. The molecular weight excluding hydrogens is 327 g/mol. The van der Waals surface area contributed by atoms with Crippen molar-refractivity contribution in [2.24, 2.45) is 0 Å². The average Bonchev–Trinajstić information content (AvgIpc) is 3.05. The number of carbonyl (C=O) groups is 2. The van der Waals surface area contributed by atoms with Gasteiger partial charge in [0, 0.05) is 5.69 Å². The lowest BCUT2D eigenvalue weighted by Crippen LogP contribution is -2.18. The van der Waals surface area contributed by atoms with Gasteiger partial charge in [0.25, 0.3) is 11.8 Å². The molecule has 3 aromatic rings. The molecule has 2 aromatic carbocycles. The summed E-state index contributed by atoms with van der Waals surface area (Å²) in [5.41, 5.74) is 0.619. The fourth-order valence-corrected chi connectivity index (χ4v) is 2.14. The summed E-state index contributed by atoms with van der Waals surface area (Å²) in [4.78, 5) is 24.5. The summed E-state index contributed by atoms with van der Waals surface area (Å²) in [7, 11) is 0. The van der Waals surface area contributed by atoms with Gasteiger partial charge < -0.3 is 15.7 Å². The van der Waals surface area contributed by atoms with Gasteiger partial charge in [-0.2, -0.15) is 5.10 Å². The van der Waals surface area contributed by atoms with E-state index in [4.69, 9.17) is 0 Å². The number of nitrogens with one attached hydrogen (secondary N) is 3. The van der Waals surface area contributed by atoms with Crippen LogP contribution in [0.4, 0.5) is 15.8 Å². The second-order valence-electron chi connectivity index (χ2n) is 5.09. The number of carbonyl (C=O) groups excluding carboxylic acids is 2. The highest BCUT2D eigenvalue weighted by Crippen LogP contribution is 2.20. The Morgan fingerprint density at radius 1 is 1.00 bits per heavy atom. The number of para-hydroxylation sites is 1. The number of benzene rings is 2. The zero-order valence-electron chi connectivity index (χ0n) is 12.8.